The molecule has 0 aromatic carbocycles. The molecule has 3 fully saturated rings. The summed E-state index contributed by atoms with van der Waals surface area (Å²) in [5.74, 6) is -8.22. The Kier molecular flexibility index (Phi) is 25.1. The Morgan fingerprint density at radius 1 is 0.890 bits per heavy atom. The van der Waals surface area contributed by atoms with Crippen molar-refractivity contribution >= 4 is 36.8 Å². The summed E-state index contributed by atoms with van der Waals surface area (Å²) in [6.45, 7) is 16.5. The Bertz CT molecular complexity index is 2020. The third-order valence-corrected chi connectivity index (χ3v) is 16.9. The smallest absolute Gasteiger partial charge is 0.329 e. The maximum absolute atomic E-state index is 14.6. The number of Topliss-reactive ketones (excluding diaryl/α,β-unsaturated/α-hetero) is 3. The molecule has 0 aromatic heterocycles. The average molecular weight is 1050 g/mol. The van der Waals surface area contributed by atoms with Crippen LogP contribution in [0.1, 0.15) is 145 Å². The molecular weight excluding hydrogens is 958 g/mol. The summed E-state index contributed by atoms with van der Waals surface area (Å²) >= 11 is 0. The number of aliphatic hydroxyl groups excluding tert-OH is 1. The van der Waals surface area contributed by atoms with E-state index in [9.17, 15) is 38.8 Å². The van der Waals surface area contributed by atoms with Crippen molar-refractivity contribution in [1.29, 1.82) is 0 Å². The number of allylic oxidation sites excluding steroid dienone is 6. The molecule has 414 valence electrons. The van der Waals surface area contributed by atoms with Gasteiger partial charge in [0.15, 0.2) is 11.6 Å². The lowest BCUT2D eigenvalue weighted by Crippen LogP contribution is -2.61. The molecule has 4 rings (SSSR count). The highest BCUT2D eigenvalue weighted by atomic mass is 31.2. The van der Waals surface area contributed by atoms with Crippen molar-refractivity contribution in [2.45, 2.75) is 200 Å². The number of aliphatic hydroxyl groups is 2. The molecule has 1 amide bonds. The lowest BCUT2D eigenvalue weighted by molar-refractivity contribution is -0.265. The van der Waals surface area contributed by atoms with Crippen LogP contribution >= 0.6 is 7.60 Å². The number of esters is 1. The SMILES string of the molecule is CCCCOP(C)(=O)O[C@@H]1CC[C@@H](C[C@@H](C)[C@@H]2CC(=O)C(C)=CC(C)[C@@H](O)[C@@H](OC)C(=O)[C@H](C)C[C@H](C)C=CC=CC=C(C)[C@@H](OC)CC3CC[C@@H](C)[C@@](O)(O3)C(=O)C(=O)N3CCCCC3C(=O)O2)C[C@H]1OC. The quantitative estimate of drug-likeness (QED) is 0.0809. The second kappa shape index (κ2) is 29.4. The summed E-state index contributed by atoms with van der Waals surface area (Å²) in [5.41, 5.74) is 1.17. The van der Waals surface area contributed by atoms with E-state index in [-0.39, 0.29) is 42.8 Å². The lowest BCUT2D eigenvalue weighted by Gasteiger charge is -2.42. The molecule has 1 saturated carbocycles. The van der Waals surface area contributed by atoms with Gasteiger partial charge in [-0.05, 0) is 113 Å². The minimum absolute atomic E-state index is 0.00895. The first-order valence-corrected chi connectivity index (χ1v) is 28.9. The van der Waals surface area contributed by atoms with E-state index in [1.807, 2.05) is 65.0 Å². The molecule has 3 aliphatic heterocycles. The Balaban J connectivity index is 1.68. The van der Waals surface area contributed by atoms with Gasteiger partial charge >= 0.3 is 13.6 Å². The van der Waals surface area contributed by atoms with E-state index in [1.54, 1.807) is 41.1 Å². The lowest BCUT2D eigenvalue weighted by atomic mass is 9.78. The van der Waals surface area contributed by atoms with Gasteiger partial charge in [0.25, 0.3) is 11.7 Å². The first kappa shape index (κ1) is 62.4. The fourth-order valence-corrected chi connectivity index (χ4v) is 12.1. The van der Waals surface area contributed by atoms with Gasteiger partial charge in [-0.2, -0.15) is 0 Å². The number of hydrogen-bond acceptors (Lipinski definition) is 15. The number of fused-ring (bicyclic) bond motifs is 3. The maximum Gasteiger partial charge on any atom is 0.329 e. The molecule has 3 heterocycles. The van der Waals surface area contributed by atoms with Crippen LogP contribution in [0.5, 0.6) is 0 Å². The molecule has 16 nitrogen and oxygen atoms in total. The summed E-state index contributed by atoms with van der Waals surface area (Å²) in [6, 6.07) is -1.17. The summed E-state index contributed by atoms with van der Waals surface area (Å²) in [5, 5.41) is 23.6. The molecule has 0 aromatic rings. The van der Waals surface area contributed by atoms with Crippen molar-refractivity contribution in [3.8, 4) is 0 Å². The largest absolute Gasteiger partial charge is 0.460 e. The number of cyclic esters (lactones) is 1. The Hall–Kier alpha value is -3.18. The monoisotopic (exact) mass is 1050 g/mol. The fraction of sp³-hybridized carbons (Fsp3) is 0.768. The summed E-state index contributed by atoms with van der Waals surface area (Å²) < 4.78 is 54.7. The van der Waals surface area contributed by atoms with Crippen LogP contribution in [0, 0.1) is 35.5 Å². The fourth-order valence-electron chi connectivity index (χ4n) is 10.9. The Morgan fingerprint density at radius 3 is 2.29 bits per heavy atom. The summed E-state index contributed by atoms with van der Waals surface area (Å²) in [6.07, 6.45) is 12.6. The molecule has 17 heteroatoms. The number of ether oxygens (including phenoxy) is 5. The average Bonchev–Trinajstić information content (AvgIpc) is 3.35. The minimum atomic E-state index is -3.35. The van der Waals surface area contributed by atoms with E-state index in [0.29, 0.717) is 76.4 Å². The van der Waals surface area contributed by atoms with Crippen molar-refractivity contribution in [3.63, 3.8) is 0 Å². The van der Waals surface area contributed by atoms with E-state index in [4.69, 9.17) is 32.7 Å². The second-order valence-electron chi connectivity index (χ2n) is 21.6. The highest BCUT2D eigenvalue weighted by Gasteiger charge is 2.53. The van der Waals surface area contributed by atoms with Crippen LogP contribution in [-0.2, 0) is 61.3 Å². The van der Waals surface area contributed by atoms with Crippen LogP contribution in [0.3, 0.4) is 0 Å². The second-order valence-corrected chi connectivity index (χ2v) is 23.6. The van der Waals surface area contributed by atoms with Crippen LogP contribution in [0.4, 0.5) is 0 Å². The number of methoxy groups -OCH3 is 3. The Labute approximate surface area is 435 Å². The molecule has 0 spiro atoms. The van der Waals surface area contributed by atoms with Crippen LogP contribution in [0.15, 0.2) is 47.6 Å². The van der Waals surface area contributed by atoms with Gasteiger partial charge in [0, 0.05) is 65.1 Å². The van der Waals surface area contributed by atoms with Gasteiger partial charge in [0.1, 0.15) is 18.2 Å². The van der Waals surface area contributed by atoms with Crippen molar-refractivity contribution in [1.82, 2.24) is 4.90 Å². The van der Waals surface area contributed by atoms with E-state index >= 15 is 0 Å². The molecule has 16 atom stereocenters. The summed E-state index contributed by atoms with van der Waals surface area (Å²) in [7, 11) is 1.19. The van der Waals surface area contributed by atoms with E-state index in [1.165, 1.54) is 18.7 Å². The number of rotatable bonds is 12. The zero-order chi connectivity index (χ0) is 54.2. The van der Waals surface area contributed by atoms with Crippen LogP contribution < -0.4 is 0 Å². The van der Waals surface area contributed by atoms with Gasteiger partial charge in [-0.25, -0.2) is 4.79 Å². The van der Waals surface area contributed by atoms with Gasteiger partial charge in [-0.1, -0.05) is 84.4 Å². The molecule has 2 bridgehead atoms. The van der Waals surface area contributed by atoms with Crippen molar-refractivity contribution in [3.05, 3.63) is 47.6 Å². The molecule has 2 saturated heterocycles. The molecular formula is C56H90NO15P. The number of nitrogens with zero attached hydrogens (tertiary/aromatic N) is 1. The van der Waals surface area contributed by atoms with Crippen molar-refractivity contribution in [2.75, 3.05) is 41.1 Å². The zero-order valence-electron chi connectivity index (χ0n) is 46.0. The van der Waals surface area contributed by atoms with E-state index < -0.39 is 103 Å². The van der Waals surface area contributed by atoms with Gasteiger partial charge in [-0.3, -0.25) is 23.7 Å². The van der Waals surface area contributed by atoms with Gasteiger partial charge in [-0.15, -0.1) is 0 Å². The number of carbonyl (C=O) groups excluding carboxylic acids is 5. The maximum atomic E-state index is 14.6. The zero-order valence-corrected chi connectivity index (χ0v) is 46.9. The molecule has 2 N–H and O–H groups in total. The number of amides is 1. The number of ketones is 3. The van der Waals surface area contributed by atoms with Gasteiger partial charge < -0.3 is 47.8 Å². The number of unbranched alkanes of at least 4 members (excludes halogenated alkanes) is 1. The molecule has 4 unspecified atom stereocenters. The first-order chi connectivity index (χ1) is 34.5. The standard InChI is InChI=1S/C56H90NO15P/c1-13-14-28-69-73(12,65)72-46-26-24-42(32-49(46)67-10)31-38(5)48-34-45(58)37(4)30-40(7)51(60)52(68-11)50(59)39(6)29-35(2)20-16-15-17-21-36(3)47(66-9)33-43-25-23-41(8)56(64,71-43)53(61)54(62)57-27-19-18-22-44(57)55(63)70-48/h15-17,20-21,30,35,38-44,46-49,51-52,60,64H,13-14,18-19,22-29,31-34H2,1-12H3/t35-,38-,39-,40?,41-,42+,43?,44?,46-,47+,48+,49-,51-,52+,56-,73?/m1/s1. The third-order valence-electron chi connectivity index (χ3n) is 15.6. The Morgan fingerprint density at radius 2 is 1.62 bits per heavy atom. The molecule has 73 heavy (non-hydrogen) atoms. The van der Waals surface area contributed by atoms with Crippen molar-refractivity contribution in [2.24, 2.45) is 35.5 Å². The van der Waals surface area contributed by atoms with Crippen LogP contribution in [-0.4, -0.2) is 140 Å². The minimum Gasteiger partial charge on any atom is -0.460 e. The van der Waals surface area contributed by atoms with Gasteiger partial charge in [0.05, 0.1) is 37.1 Å². The molecule has 0 radical (unpaired) electrons. The first-order valence-electron chi connectivity index (χ1n) is 26.9. The predicted octanol–water partition coefficient (Wildman–Crippen LogP) is 8.84. The molecule has 4 aliphatic rings. The number of carbonyl (C=O) groups is 5. The number of piperidine rings is 1. The third kappa shape index (κ3) is 17.7. The van der Waals surface area contributed by atoms with Crippen molar-refractivity contribution < 1.29 is 71.5 Å². The summed E-state index contributed by atoms with van der Waals surface area (Å²) in [4.78, 5) is 72.5. The number of hydrogen-bond donors (Lipinski definition) is 2. The predicted molar refractivity (Wildman–Crippen MR) is 278 cm³/mol. The van der Waals surface area contributed by atoms with Crippen LogP contribution in [0.25, 0.3) is 0 Å². The van der Waals surface area contributed by atoms with Gasteiger partial charge in [0.2, 0.25) is 5.79 Å². The van der Waals surface area contributed by atoms with E-state index in [0.717, 1.165) is 18.4 Å². The highest BCUT2D eigenvalue weighted by Crippen LogP contribution is 2.49. The molecule has 1 aliphatic carbocycles. The van der Waals surface area contributed by atoms with E-state index in [2.05, 4.69) is 0 Å². The van der Waals surface area contributed by atoms with Crippen LogP contribution in [0.2, 0.25) is 0 Å². The normalized spacial score (nSPS) is 35.9. The topological polar surface area (TPSA) is 211 Å². The highest BCUT2D eigenvalue weighted by molar-refractivity contribution is 7.53.